The number of amides is 1. The van der Waals surface area contributed by atoms with Crippen LogP contribution in [0.3, 0.4) is 0 Å². The number of halogens is 1. The largest absolute Gasteiger partial charge is 0.481 e. The Morgan fingerprint density at radius 1 is 1.30 bits per heavy atom. The van der Waals surface area contributed by atoms with E-state index in [9.17, 15) is 9.59 Å². The zero-order valence-corrected chi connectivity index (χ0v) is 11.9. The second kappa shape index (κ2) is 6.29. The first-order chi connectivity index (χ1) is 9.56. The molecule has 20 heavy (non-hydrogen) atoms. The standard InChI is InChI=1S/C14H11BrN2O3/c15-12-8-16-5-4-11(12)14(20)17-10-3-1-2-9(6-10)7-13(18)19/h1-6,8H,7H2,(H,17,20)(H,18,19). The Bertz CT molecular complexity index is 658. The summed E-state index contributed by atoms with van der Waals surface area (Å²) in [5.74, 6) is -1.20. The lowest BCUT2D eigenvalue weighted by atomic mass is 10.1. The highest BCUT2D eigenvalue weighted by Gasteiger charge is 2.10. The summed E-state index contributed by atoms with van der Waals surface area (Å²) in [5.41, 5.74) is 1.64. The molecule has 0 aliphatic rings. The van der Waals surface area contributed by atoms with Gasteiger partial charge in [-0.15, -0.1) is 0 Å². The van der Waals surface area contributed by atoms with Crippen LogP contribution in [0.5, 0.6) is 0 Å². The Balaban J connectivity index is 2.16. The molecule has 0 saturated heterocycles. The third-order valence-corrected chi connectivity index (χ3v) is 3.19. The highest BCUT2D eigenvalue weighted by atomic mass is 79.9. The molecule has 2 N–H and O–H groups in total. The number of rotatable bonds is 4. The van der Waals surface area contributed by atoms with Crippen molar-refractivity contribution in [3.8, 4) is 0 Å². The Kier molecular flexibility index (Phi) is 4.47. The van der Waals surface area contributed by atoms with Gasteiger partial charge in [0.2, 0.25) is 0 Å². The summed E-state index contributed by atoms with van der Waals surface area (Å²) in [6, 6.07) is 8.35. The topological polar surface area (TPSA) is 79.3 Å². The molecular formula is C14H11BrN2O3. The maximum atomic E-state index is 12.1. The molecule has 0 radical (unpaired) electrons. The number of carboxylic acid groups (broad SMARTS) is 1. The molecule has 5 nitrogen and oxygen atoms in total. The lowest BCUT2D eigenvalue weighted by Crippen LogP contribution is -2.13. The lowest BCUT2D eigenvalue weighted by Gasteiger charge is -2.07. The van der Waals surface area contributed by atoms with Crippen LogP contribution in [-0.2, 0) is 11.2 Å². The minimum absolute atomic E-state index is 0.0807. The van der Waals surface area contributed by atoms with E-state index in [1.165, 1.54) is 12.4 Å². The van der Waals surface area contributed by atoms with Crippen LogP contribution >= 0.6 is 15.9 Å². The van der Waals surface area contributed by atoms with Gasteiger partial charge in [-0.05, 0) is 39.7 Å². The van der Waals surface area contributed by atoms with Crippen molar-refractivity contribution in [2.45, 2.75) is 6.42 Å². The van der Waals surface area contributed by atoms with Gasteiger partial charge in [0.1, 0.15) is 0 Å². The molecule has 1 amide bonds. The molecule has 0 fully saturated rings. The number of anilines is 1. The molecule has 102 valence electrons. The summed E-state index contributed by atoms with van der Waals surface area (Å²) in [6.07, 6.45) is 2.99. The first-order valence-electron chi connectivity index (χ1n) is 5.78. The van der Waals surface area contributed by atoms with E-state index in [-0.39, 0.29) is 12.3 Å². The fourth-order valence-corrected chi connectivity index (χ4v) is 2.12. The van der Waals surface area contributed by atoms with E-state index in [1.807, 2.05) is 0 Å². The number of nitrogens with one attached hydrogen (secondary N) is 1. The maximum absolute atomic E-state index is 12.1. The number of carboxylic acids is 1. The van der Waals surface area contributed by atoms with E-state index in [0.29, 0.717) is 21.3 Å². The van der Waals surface area contributed by atoms with Crippen molar-refractivity contribution in [3.05, 3.63) is 58.3 Å². The quantitative estimate of drug-likeness (QED) is 0.900. The van der Waals surface area contributed by atoms with E-state index in [0.717, 1.165) is 0 Å². The Morgan fingerprint density at radius 3 is 2.80 bits per heavy atom. The highest BCUT2D eigenvalue weighted by Crippen LogP contribution is 2.17. The van der Waals surface area contributed by atoms with E-state index in [2.05, 4.69) is 26.2 Å². The fraction of sp³-hybridized carbons (Fsp3) is 0.0714. The molecule has 2 rings (SSSR count). The Labute approximate surface area is 123 Å². The summed E-state index contributed by atoms with van der Waals surface area (Å²) in [6.45, 7) is 0. The van der Waals surface area contributed by atoms with Crippen molar-refractivity contribution >= 4 is 33.5 Å². The molecule has 1 heterocycles. The molecule has 1 aromatic heterocycles. The Hall–Kier alpha value is -2.21. The molecule has 2 aromatic rings. The van der Waals surface area contributed by atoms with Gasteiger partial charge in [-0.1, -0.05) is 12.1 Å². The third-order valence-electron chi connectivity index (χ3n) is 2.56. The summed E-state index contributed by atoms with van der Waals surface area (Å²) in [7, 11) is 0. The monoisotopic (exact) mass is 334 g/mol. The van der Waals surface area contributed by atoms with Gasteiger partial charge < -0.3 is 10.4 Å². The SMILES string of the molecule is O=C(O)Cc1cccc(NC(=O)c2ccncc2Br)c1. The van der Waals surface area contributed by atoms with Crippen LogP contribution in [0.2, 0.25) is 0 Å². The maximum Gasteiger partial charge on any atom is 0.307 e. The lowest BCUT2D eigenvalue weighted by molar-refractivity contribution is -0.136. The van der Waals surface area contributed by atoms with E-state index in [1.54, 1.807) is 30.3 Å². The smallest absolute Gasteiger partial charge is 0.307 e. The molecule has 0 aliphatic carbocycles. The molecule has 1 aromatic carbocycles. The van der Waals surface area contributed by atoms with Crippen LogP contribution in [0.25, 0.3) is 0 Å². The molecule has 0 atom stereocenters. The number of nitrogens with zero attached hydrogens (tertiary/aromatic N) is 1. The van der Waals surface area contributed by atoms with Gasteiger partial charge in [0.05, 0.1) is 12.0 Å². The summed E-state index contributed by atoms with van der Waals surface area (Å²) >= 11 is 3.26. The van der Waals surface area contributed by atoms with Crippen LogP contribution < -0.4 is 5.32 Å². The van der Waals surface area contributed by atoms with Crippen LogP contribution in [-0.4, -0.2) is 22.0 Å². The molecule has 0 spiro atoms. The van der Waals surface area contributed by atoms with Crippen LogP contribution in [0.1, 0.15) is 15.9 Å². The third kappa shape index (κ3) is 3.64. The van der Waals surface area contributed by atoms with Crippen molar-refractivity contribution in [1.82, 2.24) is 4.98 Å². The van der Waals surface area contributed by atoms with Crippen molar-refractivity contribution < 1.29 is 14.7 Å². The summed E-state index contributed by atoms with van der Waals surface area (Å²) < 4.78 is 0.596. The number of aliphatic carboxylic acids is 1. The second-order valence-corrected chi connectivity index (χ2v) is 4.93. The first kappa shape index (κ1) is 14.2. The van der Waals surface area contributed by atoms with Crippen molar-refractivity contribution in [2.75, 3.05) is 5.32 Å². The summed E-state index contributed by atoms with van der Waals surface area (Å²) in [5, 5.41) is 11.5. The number of carbonyl (C=O) groups excluding carboxylic acids is 1. The van der Waals surface area contributed by atoms with Gasteiger partial charge in [-0.3, -0.25) is 14.6 Å². The van der Waals surface area contributed by atoms with Gasteiger partial charge in [0, 0.05) is 22.6 Å². The van der Waals surface area contributed by atoms with Crippen molar-refractivity contribution in [1.29, 1.82) is 0 Å². The highest BCUT2D eigenvalue weighted by molar-refractivity contribution is 9.10. The zero-order chi connectivity index (χ0) is 14.5. The molecule has 0 bridgehead atoms. The molecule has 0 saturated carbocycles. The average molecular weight is 335 g/mol. The van der Waals surface area contributed by atoms with Crippen LogP contribution in [0.15, 0.2) is 47.2 Å². The average Bonchev–Trinajstić information content (AvgIpc) is 2.38. The summed E-state index contributed by atoms with van der Waals surface area (Å²) in [4.78, 5) is 26.6. The van der Waals surface area contributed by atoms with Crippen molar-refractivity contribution in [2.24, 2.45) is 0 Å². The predicted octanol–water partition coefficient (Wildman–Crippen LogP) is 2.72. The van der Waals surface area contributed by atoms with Crippen LogP contribution in [0, 0.1) is 0 Å². The van der Waals surface area contributed by atoms with Gasteiger partial charge in [0.25, 0.3) is 5.91 Å². The van der Waals surface area contributed by atoms with E-state index >= 15 is 0 Å². The molecule has 6 heteroatoms. The number of benzene rings is 1. The Morgan fingerprint density at radius 2 is 2.10 bits per heavy atom. The van der Waals surface area contributed by atoms with Crippen molar-refractivity contribution in [3.63, 3.8) is 0 Å². The van der Waals surface area contributed by atoms with Gasteiger partial charge in [0.15, 0.2) is 0 Å². The molecule has 0 aliphatic heterocycles. The van der Waals surface area contributed by atoms with Crippen LogP contribution in [0.4, 0.5) is 5.69 Å². The minimum Gasteiger partial charge on any atom is -0.481 e. The van der Waals surface area contributed by atoms with Gasteiger partial charge in [-0.2, -0.15) is 0 Å². The van der Waals surface area contributed by atoms with E-state index < -0.39 is 5.97 Å². The number of hydrogen-bond acceptors (Lipinski definition) is 3. The fourth-order valence-electron chi connectivity index (χ4n) is 1.69. The first-order valence-corrected chi connectivity index (χ1v) is 6.57. The minimum atomic E-state index is -0.912. The molecular weight excluding hydrogens is 324 g/mol. The van der Waals surface area contributed by atoms with E-state index in [4.69, 9.17) is 5.11 Å². The van der Waals surface area contributed by atoms with Gasteiger partial charge in [-0.25, -0.2) is 0 Å². The normalized spacial score (nSPS) is 10.1. The zero-order valence-electron chi connectivity index (χ0n) is 10.3. The number of carbonyl (C=O) groups is 2. The molecule has 0 unspecified atom stereocenters. The second-order valence-electron chi connectivity index (χ2n) is 4.08. The number of aromatic nitrogens is 1. The number of pyridine rings is 1. The van der Waals surface area contributed by atoms with Gasteiger partial charge >= 0.3 is 5.97 Å². The predicted molar refractivity (Wildman–Crippen MR) is 77.7 cm³/mol. The number of hydrogen-bond donors (Lipinski definition) is 2.